The number of hydrogen-bond acceptors (Lipinski definition) is 6. The first-order valence-electron chi connectivity index (χ1n) is 9.19. The van der Waals surface area contributed by atoms with Crippen molar-refractivity contribution >= 4 is 28.2 Å². The number of thiophene rings is 1. The molecule has 5 rings (SSSR count). The number of phenolic OH excluding ortho intramolecular Hbond substituents is 1. The predicted molar refractivity (Wildman–Crippen MR) is 112 cm³/mol. The molecule has 1 N–H and O–H groups in total. The smallest absolute Gasteiger partial charge is 0.166 e. The highest BCUT2D eigenvalue weighted by molar-refractivity contribution is 7.15. The molecule has 0 aliphatic carbocycles. The minimum atomic E-state index is 0.185. The maximum atomic E-state index is 10.6. The van der Waals surface area contributed by atoms with E-state index in [1.807, 2.05) is 24.3 Å². The van der Waals surface area contributed by atoms with Crippen molar-refractivity contribution < 1.29 is 9.84 Å². The van der Waals surface area contributed by atoms with Crippen molar-refractivity contribution in [3.8, 4) is 21.9 Å². The van der Waals surface area contributed by atoms with E-state index in [1.54, 1.807) is 23.6 Å². The fourth-order valence-electron chi connectivity index (χ4n) is 3.53. The monoisotopic (exact) mass is 389 g/mol. The van der Waals surface area contributed by atoms with Crippen LogP contribution in [-0.4, -0.2) is 28.2 Å². The van der Waals surface area contributed by atoms with E-state index in [0.29, 0.717) is 25.4 Å². The Morgan fingerprint density at radius 1 is 1.11 bits per heavy atom. The lowest BCUT2D eigenvalue weighted by atomic mass is 10.1. The summed E-state index contributed by atoms with van der Waals surface area (Å²) in [6.45, 7) is 3.84. The van der Waals surface area contributed by atoms with E-state index >= 15 is 0 Å². The van der Waals surface area contributed by atoms with Crippen LogP contribution >= 0.6 is 11.3 Å². The number of aromatic hydroxyl groups is 1. The number of fused-ring (bicyclic) bond motifs is 2. The number of ether oxygens (including phenoxy) is 1. The summed E-state index contributed by atoms with van der Waals surface area (Å²) in [4.78, 5) is 13.8. The number of aryl methyl sites for hydroxylation is 1. The summed E-state index contributed by atoms with van der Waals surface area (Å²) < 4.78 is 5.88. The van der Waals surface area contributed by atoms with Gasteiger partial charge in [0.15, 0.2) is 11.5 Å². The number of para-hydroxylation sites is 2. The number of aromatic nitrogens is 2. The van der Waals surface area contributed by atoms with Crippen LogP contribution in [0.5, 0.6) is 11.5 Å². The van der Waals surface area contributed by atoms with Crippen LogP contribution in [-0.2, 0) is 6.54 Å². The summed E-state index contributed by atoms with van der Waals surface area (Å²) in [5.74, 6) is 1.56. The minimum Gasteiger partial charge on any atom is -0.504 e. The molecule has 2 aromatic heterocycles. The number of hydrogen-bond donors (Lipinski definition) is 1. The molecule has 0 radical (unpaired) electrons. The second-order valence-electron chi connectivity index (χ2n) is 6.88. The number of anilines is 1. The molecule has 6 heteroatoms. The maximum absolute atomic E-state index is 10.6. The first-order valence-corrected chi connectivity index (χ1v) is 10.0. The molecule has 0 atom stereocenters. The van der Waals surface area contributed by atoms with Crippen LogP contribution in [0.15, 0.2) is 54.7 Å². The summed E-state index contributed by atoms with van der Waals surface area (Å²) >= 11 is 1.72. The van der Waals surface area contributed by atoms with E-state index in [1.165, 1.54) is 4.88 Å². The van der Waals surface area contributed by atoms with Gasteiger partial charge in [-0.2, -0.15) is 0 Å². The molecule has 1 aliphatic rings. The average molecular weight is 389 g/mol. The Bertz CT molecular complexity index is 1170. The molecular weight excluding hydrogens is 370 g/mol. The highest BCUT2D eigenvalue weighted by Gasteiger charge is 2.21. The van der Waals surface area contributed by atoms with Crippen LogP contribution in [0.3, 0.4) is 0 Å². The predicted octanol–water partition coefficient (Wildman–Crippen LogP) is 4.77. The first-order chi connectivity index (χ1) is 13.7. The second-order valence-corrected chi connectivity index (χ2v) is 8.17. The van der Waals surface area contributed by atoms with Gasteiger partial charge in [-0.05, 0) is 48.9 Å². The van der Waals surface area contributed by atoms with Gasteiger partial charge < -0.3 is 14.7 Å². The summed E-state index contributed by atoms with van der Waals surface area (Å²) in [5.41, 5.74) is 3.71. The van der Waals surface area contributed by atoms with Gasteiger partial charge in [0.2, 0.25) is 0 Å². The summed E-state index contributed by atoms with van der Waals surface area (Å²) in [6, 6.07) is 15.9. The molecule has 0 amide bonds. The summed E-state index contributed by atoms with van der Waals surface area (Å²) in [5, 5.41) is 10.6. The van der Waals surface area contributed by atoms with E-state index < -0.39 is 0 Å². The van der Waals surface area contributed by atoms with E-state index in [0.717, 1.165) is 32.9 Å². The molecule has 28 heavy (non-hydrogen) atoms. The van der Waals surface area contributed by atoms with E-state index in [9.17, 15) is 5.11 Å². The number of rotatable bonds is 2. The lowest BCUT2D eigenvalue weighted by Gasteiger charge is -2.21. The molecule has 0 unspecified atom stereocenters. The Labute approximate surface area is 166 Å². The minimum absolute atomic E-state index is 0.185. The molecule has 4 aromatic rings. The van der Waals surface area contributed by atoms with Crippen molar-refractivity contribution in [3.05, 3.63) is 65.2 Å². The molecule has 0 saturated heterocycles. The first kappa shape index (κ1) is 17.0. The van der Waals surface area contributed by atoms with Crippen LogP contribution < -0.4 is 9.64 Å². The van der Waals surface area contributed by atoms with Gasteiger partial charge >= 0.3 is 0 Å². The molecule has 140 valence electrons. The Balaban J connectivity index is 1.54. The van der Waals surface area contributed by atoms with E-state index in [2.05, 4.69) is 35.0 Å². The molecular formula is C22H19N3O2S. The fourth-order valence-corrected chi connectivity index (χ4v) is 4.38. The number of benzene rings is 2. The van der Waals surface area contributed by atoms with Gasteiger partial charge in [0.25, 0.3) is 0 Å². The zero-order valence-electron chi connectivity index (χ0n) is 15.4. The van der Waals surface area contributed by atoms with Crippen LogP contribution in [0.2, 0.25) is 0 Å². The molecule has 3 heterocycles. The Morgan fingerprint density at radius 2 is 1.96 bits per heavy atom. The largest absolute Gasteiger partial charge is 0.504 e. The van der Waals surface area contributed by atoms with Gasteiger partial charge in [-0.15, -0.1) is 11.3 Å². The van der Waals surface area contributed by atoms with Crippen molar-refractivity contribution in [2.24, 2.45) is 0 Å². The summed E-state index contributed by atoms with van der Waals surface area (Å²) in [7, 11) is 0. The number of phenols is 1. The fraction of sp³-hybridized carbons (Fsp3) is 0.182. The third-order valence-electron chi connectivity index (χ3n) is 4.90. The third kappa shape index (κ3) is 3.05. The molecule has 2 aromatic carbocycles. The van der Waals surface area contributed by atoms with Crippen LogP contribution in [0.1, 0.15) is 10.4 Å². The van der Waals surface area contributed by atoms with Crippen molar-refractivity contribution in [3.63, 3.8) is 0 Å². The van der Waals surface area contributed by atoms with Crippen LogP contribution in [0.4, 0.5) is 5.82 Å². The van der Waals surface area contributed by atoms with Gasteiger partial charge in [-0.1, -0.05) is 12.1 Å². The van der Waals surface area contributed by atoms with Gasteiger partial charge in [-0.3, -0.25) is 4.98 Å². The lowest BCUT2D eigenvalue weighted by Crippen LogP contribution is -2.26. The molecule has 0 bridgehead atoms. The zero-order chi connectivity index (χ0) is 19.1. The third-order valence-corrected chi connectivity index (χ3v) is 5.95. The van der Waals surface area contributed by atoms with Crippen molar-refractivity contribution in [1.29, 1.82) is 0 Å². The topological polar surface area (TPSA) is 58.5 Å². The van der Waals surface area contributed by atoms with Gasteiger partial charge in [0.1, 0.15) is 12.4 Å². The molecule has 0 spiro atoms. The highest BCUT2D eigenvalue weighted by atomic mass is 32.1. The molecule has 1 aliphatic heterocycles. The standard InChI is InChI=1S/C22H19N3O2S/c1-14-6-7-20(28-14)15-10-16-13-25(8-9-27-22(16)19(26)11-15)21-12-23-17-4-2-3-5-18(17)24-21/h2-7,10-12,26H,8-9,13H2,1H3. The van der Waals surface area contributed by atoms with Crippen LogP contribution in [0, 0.1) is 6.92 Å². The summed E-state index contributed by atoms with van der Waals surface area (Å²) in [6.07, 6.45) is 1.81. The molecule has 5 nitrogen and oxygen atoms in total. The Hall–Kier alpha value is -3.12. The second kappa shape index (κ2) is 6.80. The van der Waals surface area contributed by atoms with E-state index in [4.69, 9.17) is 9.72 Å². The van der Waals surface area contributed by atoms with Gasteiger partial charge in [0, 0.05) is 21.9 Å². The SMILES string of the molecule is Cc1ccc(-c2cc(O)c3c(c2)CN(c2cnc4ccccc4n2)CCO3)s1. The molecule has 0 saturated carbocycles. The van der Waals surface area contributed by atoms with Crippen LogP contribution in [0.25, 0.3) is 21.5 Å². The molecule has 0 fully saturated rings. The van der Waals surface area contributed by atoms with Crippen molar-refractivity contribution in [2.45, 2.75) is 13.5 Å². The Morgan fingerprint density at radius 3 is 2.79 bits per heavy atom. The Kier molecular flexibility index (Phi) is 4.13. The zero-order valence-corrected chi connectivity index (χ0v) is 16.2. The highest BCUT2D eigenvalue weighted by Crippen LogP contribution is 2.39. The normalized spacial score (nSPS) is 13.8. The average Bonchev–Trinajstić information content (AvgIpc) is 3.02. The quantitative estimate of drug-likeness (QED) is 0.535. The van der Waals surface area contributed by atoms with Gasteiger partial charge in [-0.25, -0.2) is 4.98 Å². The number of nitrogens with zero attached hydrogens (tertiary/aromatic N) is 3. The van der Waals surface area contributed by atoms with Gasteiger partial charge in [0.05, 0.1) is 23.8 Å². The van der Waals surface area contributed by atoms with E-state index in [-0.39, 0.29) is 5.75 Å². The maximum Gasteiger partial charge on any atom is 0.166 e. The lowest BCUT2D eigenvalue weighted by molar-refractivity contribution is 0.312. The van der Waals surface area contributed by atoms with Crippen molar-refractivity contribution in [1.82, 2.24) is 9.97 Å². The van der Waals surface area contributed by atoms with Crippen molar-refractivity contribution in [2.75, 3.05) is 18.1 Å².